The Labute approximate surface area is 64.4 Å². The predicted octanol–water partition coefficient (Wildman–Crippen LogP) is -0.181. The van der Waals surface area contributed by atoms with E-state index < -0.39 is 5.91 Å². The van der Waals surface area contributed by atoms with Gasteiger partial charge >= 0.3 is 0 Å². The summed E-state index contributed by atoms with van der Waals surface area (Å²) in [4.78, 5) is 10.7. The topological polar surface area (TPSA) is 58.7 Å². The van der Waals surface area contributed by atoms with Crippen LogP contribution in [0.5, 0.6) is 0 Å². The lowest BCUT2D eigenvalue weighted by Crippen LogP contribution is -2.23. The Balaban J connectivity index is 2.18. The smallest absolute Gasteiger partial charge is 0.264 e. The van der Waals surface area contributed by atoms with Gasteiger partial charge in [-0.1, -0.05) is 6.08 Å². The third-order valence-electron chi connectivity index (χ3n) is 1.99. The number of carbonyl (C=O) groups is 1. The van der Waals surface area contributed by atoms with Crippen LogP contribution in [0.1, 0.15) is 12.8 Å². The number of nitrogens with zero attached hydrogens (tertiary/aromatic N) is 2. The second-order valence-corrected chi connectivity index (χ2v) is 2.77. The first-order valence-electron chi connectivity index (χ1n) is 3.59. The number of nitrogens with two attached hydrogens (primary N) is 1. The van der Waals surface area contributed by atoms with E-state index in [1.807, 2.05) is 12.3 Å². The first-order valence-corrected chi connectivity index (χ1v) is 3.59. The van der Waals surface area contributed by atoms with Gasteiger partial charge in [0.05, 0.1) is 6.04 Å². The zero-order valence-corrected chi connectivity index (χ0v) is 6.03. The van der Waals surface area contributed by atoms with Gasteiger partial charge in [0.2, 0.25) is 0 Å². The molecule has 1 amide bonds. The molecule has 2 aliphatic rings. The lowest BCUT2D eigenvalue weighted by molar-refractivity contribution is -0.112. The molecular weight excluding hydrogens is 142 g/mol. The van der Waals surface area contributed by atoms with Crippen molar-refractivity contribution in [1.82, 2.24) is 5.01 Å². The third-order valence-corrected chi connectivity index (χ3v) is 1.99. The van der Waals surface area contributed by atoms with Gasteiger partial charge in [0.15, 0.2) is 0 Å². The number of hydrazone groups is 1. The van der Waals surface area contributed by atoms with Gasteiger partial charge in [0, 0.05) is 12.6 Å². The van der Waals surface area contributed by atoms with Crippen molar-refractivity contribution in [3.05, 3.63) is 12.3 Å². The minimum atomic E-state index is -0.396. The molecule has 4 heteroatoms. The summed E-state index contributed by atoms with van der Waals surface area (Å²) in [6, 6.07) is 0.359. The monoisotopic (exact) mass is 151 g/mol. The molecule has 0 aromatic heterocycles. The summed E-state index contributed by atoms with van der Waals surface area (Å²) in [5.41, 5.74) is 5.58. The van der Waals surface area contributed by atoms with Gasteiger partial charge in [0.25, 0.3) is 5.91 Å². The fourth-order valence-corrected chi connectivity index (χ4v) is 1.40. The molecule has 2 rings (SSSR count). The molecule has 2 N–H and O–H groups in total. The molecule has 2 aliphatic heterocycles. The van der Waals surface area contributed by atoms with E-state index in [2.05, 4.69) is 5.10 Å². The summed E-state index contributed by atoms with van der Waals surface area (Å²) in [7, 11) is 0. The molecule has 11 heavy (non-hydrogen) atoms. The van der Waals surface area contributed by atoms with E-state index in [0.717, 1.165) is 6.42 Å². The van der Waals surface area contributed by atoms with Crippen LogP contribution in [-0.2, 0) is 4.79 Å². The number of hydrogen-bond donors (Lipinski definition) is 1. The number of carbonyl (C=O) groups excluding carboxylic acids is 1. The van der Waals surface area contributed by atoms with Crippen LogP contribution in [0.4, 0.5) is 0 Å². The SMILES string of the molecule is NC(=O)C1=NN2C=CCC2C1. The highest BCUT2D eigenvalue weighted by molar-refractivity contribution is 6.38. The van der Waals surface area contributed by atoms with E-state index in [0.29, 0.717) is 18.2 Å². The second kappa shape index (κ2) is 2.08. The van der Waals surface area contributed by atoms with Gasteiger partial charge in [-0.3, -0.25) is 9.80 Å². The van der Waals surface area contributed by atoms with Crippen molar-refractivity contribution >= 4 is 11.6 Å². The number of rotatable bonds is 1. The zero-order chi connectivity index (χ0) is 7.84. The van der Waals surface area contributed by atoms with Crippen LogP contribution in [0.25, 0.3) is 0 Å². The van der Waals surface area contributed by atoms with Crippen molar-refractivity contribution in [2.45, 2.75) is 18.9 Å². The lowest BCUT2D eigenvalue weighted by Gasteiger charge is -2.10. The Morgan fingerprint density at radius 3 is 3.27 bits per heavy atom. The molecule has 0 aromatic rings. The van der Waals surface area contributed by atoms with Crippen LogP contribution >= 0.6 is 0 Å². The molecule has 0 saturated heterocycles. The number of amides is 1. The van der Waals surface area contributed by atoms with Crippen molar-refractivity contribution in [2.75, 3.05) is 0 Å². The summed E-state index contributed by atoms with van der Waals surface area (Å²) >= 11 is 0. The van der Waals surface area contributed by atoms with Gasteiger partial charge in [-0.25, -0.2) is 0 Å². The maximum absolute atomic E-state index is 10.7. The summed E-state index contributed by atoms with van der Waals surface area (Å²) < 4.78 is 0. The van der Waals surface area contributed by atoms with Crippen LogP contribution in [0, 0.1) is 0 Å². The van der Waals surface area contributed by atoms with Gasteiger partial charge in [-0.15, -0.1) is 0 Å². The van der Waals surface area contributed by atoms with Crippen molar-refractivity contribution < 1.29 is 4.79 Å². The summed E-state index contributed by atoms with van der Waals surface area (Å²) in [5.74, 6) is -0.396. The number of primary amides is 1. The summed E-state index contributed by atoms with van der Waals surface area (Å²) in [6.45, 7) is 0. The highest BCUT2D eigenvalue weighted by Gasteiger charge is 2.29. The normalized spacial score (nSPS) is 27.1. The van der Waals surface area contributed by atoms with E-state index in [4.69, 9.17) is 5.73 Å². The molecule has 0 spiro atoms. The average molecular weight is 151 g/mol. The van der Waals surface area contributed by atoms with E-state index in [1.54, 1.807) is 5.01 Å². The van der Waals surface area contributed by atoms with Gasteiger partial charge in [-0.05, 0) is 6.42 Å². The van der Waals surface area contributed by atoms with Crippen LogP contribution in [-0.4, -0.2) is 22.7 Å². The second-order valence-electron chi connectivity index (χ2n) is 2.77. The van der Waals surface area contributed by atoms with Crippen LogP contribution in [0.15, 0.2) is 17.4 Å². The molecule has 58 valence electrons. The van der Waals surface area contributed by atoms with Gasteiger partial charge < -0.3 is 5.73 Å². The van der Waals surface area contributed by atoms with Crippen LogP contribution in [0.2, 0.25) is 0 Å². The van der Waals surface area contributed by atoms with Gasteiger partial charge in [0.1, 0.15) is 5.71 Å². The molecule has 0 aromatic carbocycles. The number of hydrogen-bond acceptors (Lipinski definition) is 3. The van der Waals surface area contributed by atoms with E-state index in [9.17, 15) is 4.79 Å². The van der Waals surface area contributed by atoms with E-state index in [-0.39, 0.29) is 0 Å². The minimum absolute atomic E-state index is 0.359. The maximum atomic E-state index is 10.7. The Hall–Kier alpha value is -1.32. The summed E-state index contributed by atoms with van der Waals surface area (Å²) in [5, 5.41) is 5.84. The molecule has 0 aliphatic carbocycles. The molecule has 0 saturated carbocycles. The first-order chi connectivity index (χ1) is 5.27. The standard InChI is InChI=1S/C7H9N3O/c8-7(11)6-4-5-2-1-3-10(5)9-6/h1,3,5H,2,4H2,(H2,8,11). The third kappa shape index (κ3) is 0.906. The average Bonchev–Trinajstić information content (AvgIpc) is 2.40. The van der Waals surface area contributed by atoms with Crippen molar-refractivity contribution in [1.29, 1.82) is 0 Å². The largest absolute Gasteiger partial charge is 0.364 e. The molecule has 2 heterocycles. The van der Waals surface area contributed by atoms with Crippen molar-refractivity contribution in [2.24, 2.45) is 10.8 Å². The van der Waals surface area contributed by atoms with Crippen molar-refractivity contribution in [3.63, 3.8) is 0 Å². The lowest BCUT2D eigenvalue weighted by atomic mass is 10.1. The Bertz CT molecular complexity index is 256. The Morgan fingerprint density at radius 2 is 2.64 bits per heavy atom. The molecule has 0 bridgehead atoms. The molecule has 0 radical (unpaired) electrons. The predicted molar refractivity (Wildman–Crippen MR) is 40.6 cm³/mol. The summed E-state index contributed by atoms with van der Waals surface area (Å²) in [6.07, 6.45) is 5.61. The highest BCUT2D eigenvalue weighted by Crippen LogP contribution is 2.23. The van der Waals surface area contributed by atoms with Crippen LogP contribution < -0.4 is 5.73 Å². The Morgan fingerprint density at radius 1 is 1.82 bits per heavy atom. The first kappa shape index (κ1) is 6.39. The number of fused-ring (bicyclic) bond motifs is 1. The van der Waals surface area contributed by atoms with E-state index >= 15 is 0 Å². The zero-order valence-electron chi connectivity index (χ0n) is 6.03. The molecule has 0 fully saturated rings. The molecular formula is C7H9N3O. The molecule has 1 unspecified atom stereocenters. The van der Waals surface area contributed by atoms with Crippen LogP contribution in [0.3, 0.4) is 0 Å². The fraction of sp³-hybridized carbons (Fsp3) is 0.429. The molecule has 4 nitrogen and oxygen atoms in total. The van der Waals surface area contributed by atoms with Crippen molar-refractivity contribution in [3.8, 4) is 0 Å². The van der Waals surface area contributed by atoms with E-state index in [1.165, 1.54) is 0 Å². The minimum Gasteiger partial charge on any atom is -0.364 e. The van der Waals surface area contributed by atoms with Gasteiger partial charge in [-0.2, -0.15) is 5.10 Å². The highest BCUT2D eigenvalue weighted by atomic mass is 16.1. The Kier molecular flexibility index (Phi) is 1.21. The maximum Gasteiger partial charge on any atom is 0.264 e. The molecule has 1 atom stereocenters. The fourth-order valence-electron chi connectivity index (χ4n) is 1.40. The quantitative estimate of drug-likeness (QED) is 0.565.